The van der Waals surface area contributed by atoms with Crippen molar-refractivity contribution in [3.05, 3.63) is 65.2 Å². The summed E-state index contributed by atoms with van der Waals surface area (Å²) in [5.74, 6) is -0.324. The van der Waals surface area contributed by atoms with E-state index in [4.69, 9.17) is 11.6 Å². The molecule has 0 aliphatic carbocycles. The molecule has 1 amide bonds. The second-order valence-corrected chi connectivity index (χ2v) is 8.92. The molecule has 148 valence electrons. The van der Waals surface area contributed by atoms with Gasteiger partial charge in [-0.15, -0.1) is 0 Å². The number of anilines is 1. The third kappa shape index (κ3) is 4.99. The summed E-state index contributed by atoms with van der Waals surface area (Å²) in [5.41, 5.74) is 1.26. The monoisotopic (exact) mass is 419 g/mol. The van der Waals surface area contributed by atoms with Crippen molar-refractivity contribution in [2.75, 3.05) is 38.5 Å². The highest BCUT2D eigenvalue weighted by molar-refractivity contribution is 7.89. The second-order valence-electron chi connectivity index (χ2n) is 6.58. The highest BCUT2D eigenvalue weighted by Crippen LogP contribution is 2.20. The molecule has 2 aromatic rings. The first-order chi connectivity index (χ1) is 13.4. The predicted molar refractivity (Wildman–Crippen MR) is 112 cm³/mol. The average Bonchev–Trinajstić information content (AvgIpc) is 2.68. The second kappa shape index (κ2) is 8.87. The van der Waals surface area contributed by atoms with E-state index in [1.54, 1.807) is 24.3 Å². The number of hydrogen-bond donors (Lipinski definition) is 1. The Morgan fingerprint density at radius 3 is 2.32 bits per heavy atom. The van der Waals surface area contributed by atoms with Gasteiger partial charge in [-0.05, 0) is 49.0 Å². The number of rotatable bonds is 5. The van der Waals surface area contributed by atoms with E-state index in [1.807, 2.05) is 25.2 Å². The van der Waals surface area contributed by atoms with Crippen molar-refractivity contribution >= 4 is 39.3 Å². The zero-order valence-electron chi connectivity index (χ0n) is 15.5. The number of piperazine rings is 1. The van der Waals surface area contributed by atoms with Crippen molar-refractivity contribution in [3.63, 3.8) is 0 Å². The van der Waals surface area contributed by atoms with E-state index >= 15 is 0 Å². The minimum atomic E-state index is -3.52. The molecule has 28 heavy (non-hydrogen) atoms. The largest absolute Gasteiger partial charge is 0.323 e. The highest BCUT2D eigenvalue weighted by Gasteiger charge is 2.27. The normalized spacial score (nSPS) is 16.4. The molecule has 3 rings (SSSR count). The Balaban J connectivity index is 1.64. The Morgan fingerprint density at radius 2 is 1.68 bits per heavy atom. The van der Waals surface area contributed by atoms with E-state index in [0.717, 1.165) is 5.56 Å². The number of benzene rings is 2. The molecule has 1 saturated heterocycles. The third-order valence-electron chi connectivity index (χ3n) is 4.54. The van der Waals surface area contributed by atoms with Gasteiger partial charge in [-0.1, -0.05) is 29.8 Å². The van der Waals surface area contributed by atoms with Crippen molar-refractivity contribution in [2.45, 2.75) is 4.90 Å². The molecule has 1 N–H and O–H groups in total. The molecule has 0 atom stereocenters. The van der Waals surface area contributed by atoms with E-state index in [9.17, 15) is 13.2 Å². The topological polar surface area (TPSA) is 69.7 Å². The molecule has 0 bridgehead atoms. The number of hydrogen-bond acceptors (Lipinski definition) is 4. The lowest BCUT2D eigenvalue weighted by Crippen LogP contribution is -2.46. The van der Waals surface area contributed by atoms with Crippen LogP contribution in [0.3, 0.4) is 0 Å². The number of carbonyl (C=O) groups excluding carboxylic acids is 1. The Morgan fingerprint density at radius 1 is 1.04 bits per heavy atom. The van der Waals surface area contributed by atoms with Gasteiger partial charge in [0.25, 0.3) is 0 Å². The van der Waals surface area contributed by atoms with Crippen molar-refractivity contribution < 1.29 is 13.2 Å². The molecule has 0 saturated carbocycles. The zero-order chi connectivity index (χ0) is 20.1. The summed E-state index contributed by atoms with van der Waals surface area (Å²) in [4.78, 5) is 14.4. The van der Waals surface area contributed by atoms with Crippen molar-refractivity contribution in [1.82, 2.24) is 9.21 Å². The quantitative estimate of drug-likeness (QED) is 0.756. The molecule has 6 nitrogen and oxygen atoms in total. The minimum absolute atomic E-state index is 0.224. The minimum Gasteiger partial charge on any atom is -0.323 e. The number of amides is 1. The molecule has 8 heteroatoms. The Labute approximate surface area is 170 Å². The Kier molecular flexibility index (Phi) is 6.51. The van der Waals surface area contributed by atoms with E-state index in [0.29, 0.717) is 36.9 Å². The van der Waals surface area contributed by atoms with Crippen LogP contribution in [-0.2, 0) is 14.8 Å². The molecule has 1 aliphatic rings. The van der Waals surface area contributed by atoms with Gasteiger partial charge < -0.3 is 10.2 Å². The number of nitrogens with one attached hydrogen (secondary N) is 1. The van der Waals surface area contributed by atoms with E-state index < -0.39 is 10.0 Å². The molecule has 0 unspecified atom stereocenters. The van der Waals surface area contributed by atoms with Gasteiger partial charge in [0, 0.05) is 43.0 Å². The van der Waals surface area contributed by atoms with Gasteiger partial charge in [0.05, 0.1) is 4.90 Å². The average molecular weight is 420 g/mol. The molecular formula is C20H22ClN3O3S. The van der Waals surface area contributed by atoms with Gasteiger partial charge in [-0.3, -0.25) is 4.79 Å². The fraction of sp³-hybridized carbons (Fsp3) is 0.250. The molecular weight excluding hydrogens is 398 g/mol. The highest BCUT2D eigenvalue weighted by atomic mass is 35.5. The van der Waals surface area contributed by atoms with Crippen molar-refractivity contribution in [1.29, 1.82) is 0 Å². The van der Waals surface area contributed by atoms with Gasteiger partial charge in [0.1, 0.15) is 0 Å². The standard InChI is InChI=1S/C20H22ClN3O3S/c1-23-12-14-24(15-13-23)28(26,27)18-9-7-17(8-10-18)22-20(25)11-6-16-4-2-3-5-19(16)21/h2-11H,12-15H2,1H3,(H,22,25). The SMILES string of the molecule is CN1CCN(S(=O)(=O)c2ccc(NC(=O)C=Cc3ccccc3Cl)cc2)CC1. The van der Waals surface area contributed by atoms with Crippen LogP contribution >= 0.6 is 11.6 Å². The van der Waals surface area contributed by atoms with Crippen LogP contribution in [0.5, 0.6) is 0 Å². The van der Waals surface area contributed by atoms with Gasteiger partial charge >= 0.3 is 0 Å². The number of nitrogens with zero attached hydrogens (tertiary/aromatic N) is 2. The number of sulfonamides is 1. The maximum Gasteiger partial charge on any atom is 0.248 e. The van der Waals surface area contributed by atoms with Crippen LogP contribution in [0.2, 0.25) is 5.02 Å². The Hall–Kier alpha value is -2.19. The number of likely N-dealkylation sites (N-methyl/N-ethyl adjacent to an activating group) is 1. The van der Waals surface area contributed by atoms with E-state index in [2.05, 4.69) is 10.2 Å². The summed E-state index contributed by atoms with van der Waals surface area (Å²) in [5, 5.41) is 3.27. The molecule has 0 radical (unpaired) electrons. The lowest BCUT2D eigenvalue weighted by Gasteiger charge is -2.31. The lowest BCUT2D eigenvalue weighted by molar-refractivity contribution is -0.111. The van der Waals surface area contributed by atoms with Crippen LogP contribution < -0.4 is 5.32 Å². The molecule has 1 heterocycles. The third-order valence-corrected chi connectivity index (χ3v) is 6.80. The van der Waals surface area contributed by atoms with Gasteiger partial charge in [0.2, 0.25) is 15.9 Å². The van der Waals surface area contributed by atoms with Crippen LogP contribution in [0.4, 0.5) is 5.69 Å². The van der Waals surface area contributed by atoms with Crippen LogP contribution in [0.25, 0.3) is 6.08 Å². The van der Waals surface area contributed by atoms with Crippen LogP contribution in [0, 0.1) is 0 Å². The smallest absolute Gasteiger partial charge is 0.248 e. The van der Waals surface area contributed by atoms with Gasteiger partial charge in [0.15, 0.2) is 0 Å². The fourth-order valence-electron chi connectivity index (χ4n) is 2.85. The lowest BCUT2D eigenvalue weighted by atomic mass is 10.2. The summed E-state index contributed by atoms with van der Waals surface area (Å²) in [6, 6.07) is 13.4. The van der Waals surface area contributed by atoms with E-state index in [-0.39, 0.29) is 10.8 Å². The Bertz CT molecular complexity index is 966. The predicted octanol–water partition coefficient (Wildman–Crippen LogP) is 2.93. The van der Waals surface area contributed by atoms with Crippen LogP contribution in [0.15, 0.2) is 59.5 Å². The molecule has 1 aliphatic heterocycles. The number of halogens is 1. The first kappa shape index (κ1) is 20.5. The molecule has 0 spiro atoms. The maximum absolute atomic E-state index is 12.7. The van der Waals surface area contributed by atoms with E-state index in [1.165, 1.54) is 22.5 Å². The summed E-state index contributed by atoms with van der Waals surface area (Å²) in [6.45, 7) is 2.38. The van der Waals surface area contributed by atoms with Crippen molar-refractivity contribution in [3.8, 4) is 0 Å². The van der Waals surface area contributed by atoms with Gasteiger partial charge in [-0.25, -0.2) is 8.42 Å². The zero-order valence-corrected chi connectivity index (χ0v) is 17.1. The molecule has 1 fully saturated rings. The fourth-order valence-corrected chi connectivity index (χ4v) is 4.47. The summed E-state index contributed by atoms with van der Waals surface area (Å²) < 4.78 is 26.9. The van der Waals surface area contributed by atoms with Crippen LogP contribution in [-0.4, -0.2) is 56.8 Å². The molecule has 0 aromatic heterocycles. The summed E-state index contributed by atoms with van der Waals surface area (Å²) in [6.07, 6.45) is 3.01. The molecule has 2 aromatic carbocycles. The first-order valence-electron chi connectivity index (χ1n) is 8.88. The number of carbonyl (C=O) groups is 1. The van der Waals surface area contributed by atoms with Crippen LogP contribution in [0.1, 0.15) is 5.56 Å². The van der Waals surface area contributed by atoms with Gasteiger partial charge in [-0.2, -0.15) is 4.31 Å². The summed E-state index contributed by atoms with van der Waals surface area (Å²) >= 11 is 6.05. The maximum atomic E-state index is 12.7. The van der Waals surface area contributed by atoms with Crippen molar-refractivity contribution in [2.24, 2.45) is 0 Å². The first-order valence-corrected chi connectivity index (χ1v) is 10.7. The summed E-state index contributed by atoms with van der Waals surface area (Å²) in [7, 11) is -1.54.